The third-order valence-electron chi connectivity index (χ3n) is 3.10. The predicted octanol–water partition coefficient (Wildman–Crippen LogP) is -1.37. The van der Waals surface area contributed by atoms with Gasteiger partial charge in [-0.05, 0) is 12.5 Å². The summed E-state index contributed by atoms with van der Waals surface area (Å²) in [6, 6.07) is 1.22. The van der Waals surface area contributed by atoms with Gasteiger partial charge in [-0.15, -0.1) is 0 Å². The van der Waals surface area contributed by atoms with Crippen molar-refractivity contribution in [3.05, 3.63) is 18.0 Å². The smallest absolute Gasteiger partial charge is 0.265 e. The first kappa shape index (κ1) is 14.5. The molecule has 2 heterocycles. The molecular weight excluding hydrogens is 284 g/mol. The summed E-state index contributed by atoms with van der Waals surface area (Å²) in [5.41, 5.74) is 5.26. The van der Waals surface area contributed by atoms with Crippen molar-refractivity contribution in [2.45, 2.75) is 11.3 Å². The van der Waals surface area contributed by atoms with E-state index in [1.165, 1.54) is 23.9 Å². The van der Waals surface area contributed by atoms with Crippen molar-refractivity contribution in [2.24, 2.45) is 12.8 Å². The SMILES string of the molecule is Cn1cc(S(=O)(=O)N2CCCNC(=O)C2)cc1C(N)=O. The average molecular weight is 300 g/mol. The third-order valence-corrected chi connectivity index (χ3v) is 4.91. The van der Waals surface area contributed by atoms with Crippen LogP contribution in [-0.4, -0.2) is 48.7 Å². The van der Waals surface area contributed by atoms with Gasteiger partial charge in [0.25, 0.3) is 5.91 Å². The summed E-state index contributed by atoms with van der Waals surface area (Å²) in [6.45, 7) is 0.483. The average Bonchev–Trinajstić information content (AvgIpc) is 2.62. The molecular formula is C11H16N4O4S. The van der Waals surface area contributed by atoms with E-state index in [4.69, 9.17) is 5.73 Å². The van der Waals surface area contributed by atoms with Crippen LogP contribution in [0.15, 0.2) is 17.2 Å². The maximum atomic E-state index is 12.5. The third kappa shape index (κ3) is 2.68. The minimum atomic E-state index is -3.81. The van der Waals surface area contributed by atoms with Crippen molar-refractivity contribution in [3.8, 4) is 0 Å². The normalized spacial score (nSPS) is 17.6. The van der Waals surface area contributed by atoms with Crippen LogP contribution in [0.25, 0.3) is 0 Å². The zero-order chi connectivity index (χ0) is 14.9. The Bertz CT molecular complexity index is 649. The van der Waals surface area contributed by atoms with Crippen molar-refractivity contribution >= 4 is 21.8 Å². The van der Waals surface area contributed by atoms with Gasteiger partial charge in [0.1, 0.15) is 10.6 Å². The first-order chi connectivity index (χ1) is 9.32. The van der Waals surface area contributed by atoms with Crippen molar-refractivity contribution in [1.29, 1.82) is 0 Å². The summed E-state index contributed by atoms with van der Waals surface area (Å²) >= 11 is 0. The van der Waals surface area contributed by atoms with E-state index in [2.05, 4.69) is 5.32 Å². The lowest BCUT2D eigenvalue weighted by Crippen LogP contribution is -2.37. The van der Waals surface area contributed by atoms with Gasteiger partial charge in [-0.25, -0.2) is 8.42 Å². The molecule has 0 aromatic carbocycles. The summed E-state index contributed by atoms with van der Waals surface area (Å²) in [5, 5.41) is 2.61. The number of nitrogens with two attached hydrogens (primary N) is 1. The predicted molar refractivity (Wildman–Crippen MR) is 70.3 cm³/mol. The molecule has 0 bridgehead atoms. The Morgan fingerprint density at radius 3 is 2.75 bits per heavy atom. The molecule has 9 heteroatoms. The number of hydrogen-bond donors (Lipinski definition) is 2. The molecule has 0 atom stereocenters. The second kappa shape index (κ2) is 5.25. The topological polar surface area (TPSA) is 114 Å². The molecule has 1 aromatic heterocycles. The zero-order valence-corrected chi connectivity index (χ0v) is 11.8. The number of sulfonamides is 1. The number of aryl methyl sites for hydroxylation is 1. The molecule has 0 saturated carbocycles. The minimum absolute atomic E-state index is 0.0384. The largest absolute Gasteiger partial charge is 0.364 e. The van der Waals surface area contributed by atoms with Crippen LogP contribution >= 0.6 is 0 Å². The van der Waals surface area contributed by atoms with Crippen molar-refractivity contribution in [3.63, 3.8) is 0 Å². The minimum Gasteiger partial charge on any atom is -0.364 e. The highest BCUT2D eigenvalue weighted by atomic mass is 32.2. The van der Waals surface area contributed by atoms with Crippen molar-refractivity contribution < 1.29 is 18.0 Å². The lowest BCUT2D eigenvalue weighted by atomic mass is 10.4. The Morgan fingerprint density at radius 1 is 1.45 bits per heavy atom. The zero-order valence-electron chi connectivity index (χ0n) is 11.0. The van der Waals surface area contributed by atoms with Crippen LogP contribution in [0.4, 0.5) is 0 Å². The summed E-state index contributed by atoms with van der Waals surface area (Å²) < 4.78 is 27.4. The van der Waals surface area contributed by atoms with Gasteiger partial charge in [0, 0.05) is 26.3 Å². The Balaban J connectivity index is 2.36. The van der Waals surface area contributed by atoms with Gasteiger partial charge in [0.05, 0.1) is 6.54 Å². The number of nitrogens with zero attached hydrogens (tertiary/aromatic N) is 2. The standard InChI is InChI=1S/C11H16N4O4S/c1-14-6-8(5-9(14)11(12)17)20(18,19)15-4-2-3-13-10(16)7-15/h5-6H,2-4,7H2,1H3,(H2,12,17)(H,13,16). The van der Waals surface area contributed by atoms with Crippen LogP contribution < -0.4 is 11.1 Å². The van der Waals surface area contributed by atoms with Gasteiger partial charge in [0.2, 0.25) is 15.9 Å². The van der Waals surface area contributed by atoms with Gasteiger partial charge < -0.3 is 15.6 Å². The molecule has 0 aliphatic carbocycles. The Morgan fingerprint density at radius 2 is 2.15 bits per heavy atom. The van der Waals surface area contributed by atoms with E-state index in [1.807, 2.05) is 0 Å². The lowest BCUT2D eigenvalue weighted by Gasteiger charge is -2.17. The molecule has 3 N–H and O–H groups in total. The van der Waals surface area contributed by atoms with Gasteiger partial charge in [0.15, 0.2) is 0 Å². The van der Waals surface area contributed by atoms with E-state index in [-0.39, 0.29) is 29.6 Å². The van der Waals surface area contributed by atoms with Crippen LogP contribution in [0.2, 0.25) is 0 Å². The van der Waals surface area contributed by atoms with Crippen LogP contribution in [-0.2, 0) is 21.9 Å². The molecule has 2 amide bonds. The highest BCUT2D eigenvalue weighted by Crippen LogP contribution is 2.19. The van der Waals surface area contributed by atoms with Crippen molar-refractivity contribution in [2.75, 3.05) is 19.6 Å². The number of rotatable bonds is 3. The summed E-state index contributed by atoms with van der Waals surface area (Å²) in [4.78, 5) is 22.6. The van der Waals surface area contributed by atoms with Crippen molar-refractivity contribution in [1.82, 2.24) is 14.2 Å². The van der Waals surface area contributed by atoms with Crippen LogP contribution in [0.3, 0.4) is 0 Å². The molecule has 110 valence electrons. The first-order valence-electron chi connectivity index (χ1n) is 6.05. The number of aromatic nitrogens is 1. The lowest BCUT2D eigenvalue weighted by molar-refractivity contribution is -0.120. The van der Waals surface area contributed by atoms with Gasteiger partial charge in [-0.2, -0.15) is 4.31 Å². The van der Waals surface area contributed by atoms with Gasteiger partial charge in [-0.1, -0.05) is 0 Å². The van der Waals surface area contributed by atoms with Gasteiger partial charge in [-0.3, -0.25) is 9.59 Å². The molecule has 1 aromatic rings. The molecule has 1 aliphatic rings. The fraction of sp³-hybridized carbons (Fsp3) is 0.455. The number of carbonyl (C=O) groups excluding carboxylic acids is 2. The molecule has 1 saturated heterocycles. The molecule has 0 radical (unpaired) electrons. The van der Waals surface area contributed by atoms with Crippen LogP contribution in [0, 0.1) is 0 Å². The fourth-order valence-electron chi connectivity index (χ4n) is 2.05. The maximum absolute atomic E-state index is 12.5. The molecule has 20 heavy (non-hydrogen) atoms. The number of carbonyl (C=O) groups is 2. The van der Waals surface area contributed by atoms with Gasteiger partial charge >= 0.3 is 0 Å². The number of amides is 2. The number of hydrogen-bond acceptors (Lipinski definition) is 4. The molecule has 8 nitrogen and oxygen atoms in total. The van der Waals surface area contributed by atoms with E-state index in [0.29, 0.717) is 13.0 Å². The van der Waals surface area contributed by atoms with E-state index >= 15 is 0 Å². The summed E-state index contributed by atoms with van der Waals surface area (Å²) in [6.07, 6.45) is 1.86. The van der Waals surface area contributed by atoms with Crippen LogP contribution in [0.5, 0.6) is 0 Å². The molecule has 2 rings (SSSR count). The Kier molecular flexibility index (Phi) is 3.82. The second-order valence-electron chi connectivity index (χ2n) is 4.58. The molecule has 0 unspecified atom stereocenters. The fourth-order valence-corrected chi connectivity index (χ4v) is 3.56. The van der Waals surface area contributed by atoms with E-state index in [1.54, 1.807) is 0 Å². The van der Waals surface area contributed by atoms with E-state index < -0.39 is 15.9 Å². The summed E-state index contributed by atoms with van der Waals surface area (Å²) in [5.74, 6) is -1.04. The Labute approximate surface area is 116 Å². The highest BCUT2D eigenvalue weighted by molar-refractivity contribution is 7.89. The first-order valence-corrected chi connectivity index (χ1v) is 7.49. The Hall–Kier alpha value is -1.87. The van der Waals surface area contributed by atoms with E-state index in [9.17, 15) is 18.0 Å². The number of nitrogens with one attached hydrogen (secondary N) is 1. The molecule has 1 aliphatic heterocycles. The quantitative estimate of drug-likeness (QED) is 0.717. The maximum Gasteiger partial charge on any atom is 0.265 e. The molecule has 1 fully saturated rings. The molecule has 0 spiro atoms. The highest BCUT2D eigenvalue weighted by Gasteiger charge is 2.29. The number of primary amides is 1. The van der Waals surface area contributed by atoms with E-state index in [0.717, 1.165) is 4.31 Å². The van der Waals surface area contributed by atoms with Crippen LogP contribution in [0.1, 0.15) is 16.9 Å². The monoisotopic (exact) mass is 300 g/mol. The summed E-state index contributed by atoms with van der Waals surface area (Å²) in [7, 11) is -2.27. The second-order valence-corrected chi connectivity index (χ2v) is 6.52.